The number of aryl methyl sites for hydroxylation is 1. The molecule has 1 aromatic carbocycles. The van der Waals surface area contributed by atoms with Crippen LogP contribution >= 0.6 is 11.8 Å². The highest BCUT2D eigenvalue weighted by molar-refractivity contribution is 7.99. The Morgan fingerprint density at radius 1 is 0.962 bits per heavy atom. The Labute approximate surface area is 158 Å². The number of fused-ring (bicyclic) bond motifs is 1. The fourth-order valence-electron chi connectivity index (χ4n) is 6.33. The van der Waals surface area contributed by atoms with Gasteiger partial charge in [0.15, 0.2) is 5.82 Å². The second kappa shape index (κ2) is 5.44. The second-order valence-corrected chi connectivity index (χ2v) is 9.96. The summed E-state index contributed by atoms with van der Waals surface area (Å²) in [5, 5.41) is 15.0. The Morgan fingerprint density at radius 3 is 2.27 bits per heavy atom. The normalized spacial score (nSPS) is 34.7. The van der Waals surface area contributed by atoms with Crippen molar-refractivity contribution in [2.24, 2.45) is 28.3 Å². The van der Waals surface area contributed by atoms with Crippen LogP contribution in [-0.4, -0.2) is 26.3 Å². The third-order valence-corrected chi connectivity index (χ3v) is 8.06. The van der Waals surface area contributed by atoms with Crippen molar-refractivity contribution in [3.63, 3.8) is 0 Å². The molecule has 0 unspecified atom stereocenters. The van der Waals surface area contributed by atoms with Gasteiger partial charge in [-0.3, -0.25) is 0 Å². The Balaban J connectivity index is 1.41. The smallest absolute Gasteiger partial charge is 0.187 e. The van der Waals surface area contributed by atoms with Crippen LogP contribution in [0.25, 0.3) is 11.4 Å². The molecule has 134 valence electrons. The van der Waals surface area contributed by atoms with Crippen LogP contribution in [0.3, 0.4) is 0 Å². The van der Waals surface area contributed by atoms with Gasteiger partial charge in [0.25, 0.3) is 0 Å². The van der Waals surface area contributed by atoms with E-state index in [1.54, 1.807) is 0 Å². The molecule has 1 aromatic heterocycles. The van der Waals surface area contributed by atoms with Crippen LogP contribution in [0.2, 0.25) is 0 Å². The van der Waals surface area contributed by atoms with Crippen molar-refractivity contribution in [3.05, 3.63) is 29.8 Å². The van der Waals surface area contributed by atoms with E-state index in [2.05, 4.69) is 41.4 Å². The number of hydrogen-bond acceptors (Lipinski definition) is 4. The first-order valence-corrected chi connectivity index (χ1v) is 10.9. The summed E-state index contributed by atoms with van der Waals surface area (Å²) in [4.78, 5) is 0. The summed E-state index contributed by atoms with van der Waals surface area (Å²) >= 11 is 1.82. The van der Waals surface area contributed by atoms with Gasteiger partial charge in [-0.05, 0) is 63.2 Å². The fraction of sp³-hybridized carbons (Fsp3) is 0.571. The van der Waals surface area contributed by atoms with E-state index in [4.69, 9.17) is 5.10 Å². The summed E-state index contributed by atoms with van der Waals surface area (Å²) in [6, 6.07) is 8.53. The van der Waals surface area contributed by atoms with Crippen LogP contribution in [-0.2, 0) is 0 Å². The van der Waals surface area contributed by atoms with Crippen LogP contribution in [0.15, 0.2) is 34.5 Å². The van der Waals surface area contributed by atoms with Crippen molar-refractivity contribution >= 4 is 17.5 Å². The summed E-state index contributed by atoms with van der Waals surface area (Å²) in [5.41, 5.74) is 4.15. The molecule has 26 heavy (non-hydrogen) atoms. The zero-order chi connectivity index (χ0) is 17.3. The van der Waals surface area contributed by atoms with Gasteiger partial charge in [0, 0.05) is 16.7 Å². The van der Waals surface area contributed by atoms with E-state index in [1.807, 2.05) is 16.4 Å². The van der Waals surface area contributed by atoms with Gasteiger partial charge in [0.2, 0.25) is 5.16 Å². The van der Waals surface area contributed by atoms with Gasteiger partial charge in [0.1, 0.15) is 0 Å². The molecule has 0 spiro atoms. The molecule has 4 aliphatic carbocycles. The first-order valence-electron chi connectivity index (χ1n) is 9.92. The molecule has 5 aliphatic rings. The lowest BCUT2D eigenvalue weighted by atomic mass is 9.48. The summed E-state index contributed by atoms with van der Waals surface area (Å²) in [6.07, 6.45) is 8.55. The van der Waals surface area contributed by atoms with E-state index in [0.717, 1.165) is 40.1 Å². The average molecular weight is 365 g/mol. The SMILES string of the molecule is Cc1ccc(-c2nnc3n2N=C(C24CC5CC(CC(C5)C2)C4)CS3)cc1. The molecular weight excluding hydrogens is 340 g/mol. The highest BCUT2D eigenvalue weighted by atomic mass is 32.2. The average Bonchev–Trinajstić information content (AvgIpc) is 3.04. The van der Waals surface area contributed by atoms with E-state index in [0.29, 0.717) is 5.41 Å². The van der Waals surface area contributed by atoms with Crippen molar-refractivity contribution in [2.45, 2.75) is 50.6 Å². The Morgan fingerprint density at radius 2 is 1.62 bits per heavy atom. The molecule has 0 amide bonds. The molecule has 1 aliphatic heterocycles. The first-order chi connectivity index (χ1) is 12.7. The van der Waals surface area contributed by atoms with Gasteiger partial charge in [-0.25, -0.2) is 0 Å². The minimum Gasteiger partial charge on any atom is -0.187 e. The molecule has 0 saturated heterocycles. The van der Waals surface area contributed by atoms with Crippen molar-refractivity contribution < 1.29 is 0 Å². The molecular formula is C21H24N4S. The maximum Gasteiger partial charge on any atom is 0.212 e. The van der Waals surface area contributed by atoms with E-state index in [1.165, 1.54) is 49.8 Å². The summed E-state index contributed by atoms with van der Waals surface area (Å²) < 4.78 is 2.02. The first kappa shape index (κ1) is 15.4. The third kappa shape index (κ3) is 2.25. The van der Waals surface area contributed by atoms with E-state index < -0.39 is 0 Å². The summed E-state index contributed by atoms with van der Waals surface area (Å²) in [7, 11) is 0. The lowest BCUT2D eigenvalue weighted by Gasteiger charge is -2.57. The van der Waals surface area contributed by atoms with Gasteiger partial charge in [-0.1, -0.05) is 41.6 Å². The highest BCUT2D eigenvalue weighted by Gasteiger charge is 2.53. The lowest BCUT2D eigenvalue weighted by molar-refractivity contribution is -0.0128. The van der Waals surface area contributed by atoms with Gasteiger partial charge >= 0.3 is 0 Å². The number of aromatic nitrogens is 3. The maximum absolute atomic E-state index is 5.18. The summed E-state index contributed by atoms with van der Waals surface area (Å²) in [5.74, 6) is 4.74. The highest BCUT2D eigenvalue weighted by Crippen LogP contribution is 2.61. The monoisotopic (exact) mass is 364 g/mol. The Bertz CT molecular complexity index is 860. The van der Waals surface area contributed by atoms with Crippen LogP contribution in [0.5, 0.6) is 0 Å². The molecule has 2 heterocycles. The number of benzene rings is 1. The van der Waals surface area contributed by atoms with Crippen molar-refractivity contribution in [1.82, 2.24) is 14.9 Å². The molecule has 0 atom stereocenters. The fourth-order valence-corrected chi connectivity index (χ4v) is 7.31. The predicted octanol–water partition coefficient (Wildman–Crippen LogP) is 4.78. The van der Waals surface area contributed by atoms with Gasteiger partial charge in [-0.2, -0.15) is 9.78 Å². The maximum atomic E-state index is 5.18. The minimum atomic E-state index is 0.369. The molecule has 4 nitrogen and oxygen atoms in total. The van der Waals surface area contributed by atoms with Crippen LogP contribution in [0.4, 0.5) is 0 Å². The number of hydrogen-bond donors (Lipinski definition) is 0. The molecule has 4 bridgehead atoms. The quantitative estimate of drug-likeness (QED) is 0.770. The van der Waals surface area contributed by atoms with Gasteiger partial charge in [0.05, 0.1) is 5.71 Å². The van der Waals surface area contributed by atoms with Gasteiger partial charge in [-0.15, -0.1) is 10.2 Å². The molecule has 4 saturated carbocycles. The standard InChI is InChI=1S/C21H24N4S/c1-13-2-4-17(5-3-13)19-22-23-20-25(19)24-18(12-26-20)21-9-14-6-15(10-21)8-16(7-14)11-21/h2-5,14-16H,6-12H2,1H3. The largest absolute Gasteiger partial charge is 0.212 e. The number of rotatable bonds is 2. The molecule has 7 rings (SSSR count). The van der Waals surface area contributed by atoms with Crippen molar-refractivity contribution in [2.75, 3.05) is 5.75 Å². The molecule has 2 aromatic rings. The van der Waals surface area contributed by atoms with Crippen molar-refractivity contribution in [1.29, 1.82) is 0 Å². The Hall–Kier alpha value is -1.62. The van der Waals surface area contributed by atoms with E-state index in [-0.39, 0.29) is 0 Å². The molecule has 5 heteroatoms. The van der Waals surface area contributed by atoms with Gasteiger partial charge < -0.3 is 0 Å². The Kier molecular flexibility index (Phi) is 3.23. The molecule has 0 radical (unpaired) electrons. The minimum absolute atomic E-state index is 0.369. The van der Waals surface area contributed by atoms with E-state index in [9.17, 15) is 0 Å². The zero-order valence-electron chi connectivity index (χ0n) is 15.2. The van der Waals surface area contributed by atoms with Crippen LogP contribution in [0, 0.1) is 30.1 Å². The van der Waals surface area contributed by atoms with Crippen LogP contribution < -0.4 is 0 Å². The molecule has 0 N–H and O–H groups in total. The zero-order valence-corrected chi connectivity index (χ0v) is 16.0. The van der Waals surface area contributed by atoms with Crippen molar-refractivity contribution in [3.8, 4) is 11.4 Å². The molecule has 4 fully saturated rings. The predicted molar refractivity (Wildman–Crippen MR) is 104 cm³/mol. The number of nitrogens with zero attached hydrogens (tertiary/aromatic N) is 4. The second-order valence-electron chi connectivity index (χ2n) is 9.02. The van der Waals surface area contributed by atoms with E-state index >= 15 is 0 Å². The third-order valence-electron chi connectivity index (χ3n) is 7.13. The summed E-state index contributed by atoms with van der Waals surface area (Å²) in [6.45, 7) is 2.11. The van der Waals surface area contributed by atoms with Crippen LogP contribution in [0.1, 0.15) is 44.1 Å². The topological polar surface area (TPSA) is 43.1 Å². The number of thioether (sulfide) groups is 1. The lowest BCUT2D eigenvalue weighted by Crippen LogP contribution is -2.51.